The van der Waals surface area contributed by atoms with Gasteiger partial charge in [-0.25, -0.2) is 4.98 Å². The van der Waals surface area contributed by atoms with Gasteiger partial charge in [0.1, 0.15) is 12.4 Å². The molecule has 2 heterocycles. The number of aryl methyl sites for hydroxylation is 1. The minimum absolute atomic E-state index is 0.0684. The van der Waals surface area contributed by atoms with Crippen molar-refractivity contribution >= 4 is 40.1 Å². The zero-order chi connectivity index (χ0) is 22.7. The number of aromatic amines is 1. The Morgan fingerprint density at radius 1 is 1.31 bits per heavy atom. The molecule has 2 amide bonds. The molecule has 0 spiro atoms. The minimum atomic E-state index is -0.241. The summed E-state index contributed by atoms with van der Waals surface area (Å²) in [5.74, 6) is 0.477. The number of nitrogens with one attached hydrogen (secondary N) is 2. The largest absolute Gasteiger partial charge is 0.370 e. The van der Waals surface area contributed by atoms with Crippen LogP contribution in [0, 0.1) is 6.92 Å². The Kier molecular flexibility index (Phi) is 6.77. The maximum atomic E-state index is 13.1. The second-order valence-electron chi connectivity index (χ2n) is 8.05. The number of nitrogens with zero attached hydrogens (tertiary/aromatic N) is 2. The average molecular weight is 455 g/mol. The fraction of sp³-hybridized carbons (Fsp3) is 0.375. The molecule has 0 radical (unpaired) electrons. The lowest BCUT2D eigenvalue weighted by molar-refractivity contribution is -0.125. The molecule has 0 bridgehead atoms. The molecule has 1 atom stereocenters. The first-order valence-corrected chi connectivity index (χ1v) is 11.3. The number of carbonyl (C=O) groups excluding carboxylic acids is 2. The van der Waals surface area contributed by atoms with Crippen molar-refractivity contribution in [1.29, 1.82) is 0 Å². The van der Waals surface area contributed by atoms with Gasteiger partial charge in [0, 0.05) is 22.8 Å². The molecule has 8 heteroatoms. The van der Waals surface area contributed by atoms with Crippen molar-refractivity contribution in [2.24, 2.45) is 0 Å². The number of H-pyrrole nitrogens is 1. The Hall–Kier alpha value is -2.90. The Morgan fingerprint density at radius 3 is 2.91 bits per heavy atom. The van der Waals surface area contributed by atoms with Gasteiger partial charge >= 0.3 is 0 Å². The van der Waals surface area contributed by atoms with Gasteiger partial charge in [-0.1, -0.05) is 31.4 Å². The van der Waals surface area contributed by atoms with Crippen LogP contribution in [0.2, 0.25) is 5.02 Å². The predicted molar refractivity (Wildman–Crippen MR) is 125 cm³/mol. The van der Waals surface area contributed by atoms with Gasteiger partial charge in [0.25, 0.3) is 11.8 Å². The van der Waals surface area contributed by atoms with E-state index < -0.39 is 0 Å². The Balaban J connectivity index is 1.55. The van der Waals surface area contributed by atoms with Crippen LogP contribution in [0.5, 0.6) is 0 Å². The maximum Gasteiger partial charge on any atom is 0.253 e. The molecular formula is C24H27ClN4O3. The van der Waals surface area contributed by atoms with Crippen LogP contribution in [0.3, 0.4) is 0 Å². The van der Waals surface area contributed by atoms with E-state index in [1.165, 1.54) is 0 Å². The number of fused-ring (bicyclic) bond motifs is 1. The number of anilines is 1. The highest BCUT2D eigenvalue weighted by atomic mass is 35.5. The van der Waals surface area contributed by atoms with E-state index in [0.717, 1.165) is 47.4 Å². The molecule has 32 heavy (non-hydrogen) atoms. The van der Waals surface area contributed by atoms with Crippen molar-refractivity contribution in [2.45, 2.75) is 39.2 Å². The molecule has 0 unspecified atom stereocenters. The average Bonchev–Trinajstić information content (AvgIpc) is 3.20. The van der Waals surface area contributed by atoms with Gasteiger partial charge in [-0.2, -0.15) is 0 Å². The predicted octanol–water partition coefficient (Wildman–Crippen LogP) is 4.55. The minimum Gasteiger partial charge on any atom is -0.370 e. The first kappa shape index (κ1) is 22.3. The zero-order valence-corrected chi connectivity index (χ0v) is 19.0. The Bertz CT molecular complexity index is 1140. The summed E-state index contributed by atoms with van der Waals surface area (Å²) in [6.07, 6.45) is 2.74. The molecule has 1 aliphatic rings. The van der Waals surface area contributed by atoms with E-state index in [4.69, 9.17) is 16.3 Å². The van der Waals surface area contributed by atoms with Gasteiger partial charge < -0.3 is 19.9 Å². The summed E-state index contributed by atoms with van der Waals surface area (Å²) in [7, 11) is 0. The number of halogens is 1. The highest BCUT2D eigenvalue weighted by Gasteiger charge is 2.23. The third-order valence-electron chi connectivity index (χ3n) is 5.68. The van der Waals surface area contributed by atoms with E-state index in [-0.39, 0.29) is 24.5 Å². The van der Waals surface area contributed by atoms with Gasteiger partial charge in [-0.3, -0.25) is 9.59 Å². The van der Waals surface area contributed by atoms with Crippen LogP contribution >= 0.6 is 11.6 Å². The lowest BCUT2D eigenvalue weighted by atomic mass is 10.1. The zero-order valence-electron chi connectivity index (χ0n) is 18.3. The van der Waals surface area contributed by atoms with E-state index in [9.17, 15) is 9.59 Å². The first-order valence-electron chi connectivity index (χ1n) is 10.9. The van der Waals surface area contributed by atoms with Crippen LogP contribution in [0.15, 0.2) is 36.4 Å². The number of rotatable bonds is 7. The van der Waals surface area contributed by atoms with Crippen molar-refractivity contribution in [1.82, 2.24) is 15.3 Å². The SMILES string of the molecule is CCCC[C@H](NC(=O)c1ccc(N2CCOCC2=O)c(C)c1)c1nc2ccc(Cl)cc2[nH]1. The van der Waals surface area contributed by atoms with Gasteiger partial charge in [0.2, 0.25) is 0 Å². The molecule has 1 aliphatic heterocycles. The number of morpholine rings is 1. The molecular weight excluding hydrogens is 428 g/mol. The molecule has 1 aromatic heterocycles. The number of unbranched alkanes of at least 4 members (excludes halogenated alkanes) is 1. The van der Waals surface area contributed by atoms with Crippen LogP contribution in [0.1, 0.15) is 54.0 Å². The molecule has 0 saturated carbocycles. The summed E-state index contributed by atoms with van der Waals surface area (Å²) in [6.45, 7) is 5.14. The van der Waals surface area contributed by atoms with Crippen LogP contribution < -0.4 is 10.2 Å². The van der Waals surface area contributed by atoms with Crippen molar-refractivity contribution in [3.05, 3.63) is 58.4 Å². The lowest BCUT2D eigenvalue weighted by Crippen LogP contribution is -2.42. The summed E-state index contributed by atoms with van der Waals surface area (Å²) in [4.78, 5) is 34.9. The monoisotopic (exact) mass is 454 g/mol. The molecule has 2 N–H and O–H groups in total. The molecule has 1 saturated heterocycles. The molecule has 4 rings (SSSR count). The van der Waals surface area contributed by atoms with Crippen LogP contribution in [-0.4, -0.2) is 41.5 Å². The van der Waals surface area contributed by atoms with Crippen molar-refractivity contribution in [2.75, 3.05) is 24.7 Å². The van der Waals surface area contributed by atoms with Crippen molar-refractivity contribution in [3.63, 3.8) is 0 Å². The third kappa shape index (κ3) is 4.79. The van der Waals surface area contributed by atoms with Gasteiger partial charge in [-0.05, 0) is 55.3 Å². The van der Waals surface area contributed by atoms with E-state index in [0.29, 0.717) is 23.7 Å². The smallest absolute Gasteiger partial charge is 0.253 e. The molecule has 0 aliphatic carbocycles. The molecule has 3 aromatic rings. The summed E-state index contributed by atoms with van der Waals surface area (Å²) >= 11 is 6.10. The van der Waals surface area contributed by atoms with E-state index in [1.54, 1.807) is 17.0 Å². The van der Waals surface area contributed by atoms with Gasteiger partial charge in [-0.15, -0.1) is 0 Å². The second kappa shape index (κ2) is 9.71. The summed E-state index contributed by atoms with van der Waals surface area (Å²) in [6, 6.07) is 10.7. The fourth-order valence-corrected chi connectivity index (χ4v) is 4.14. The van der Waals surface area contributed by atoms with Gasteiger partial charge in [0.15, 0.2) is 0 Å². The normalized spacial score (nSPS) is 15.2. The Labute approximate surface area is 192 Å². The van der Waals surface area contributed by atoms with Crippen LogP contribution in [-0.2, 0) is 9.53 Å². The number of hydrogen-bond donors (Lipinski definition) is 2. The maximum absolute atomic E-state index is 13.1. The lowest BCUT2D eigenvalue weighted by Gasteiger charge is -2.28. The van der Waals surface area contributed by atoms with Gasteiger partial charge in [0.05, 0.1) is 23.7 Å². The summed E-state index contributed by atoms with van der Waals surface area (Å²) < 4.78 is 5.21. The molecule has 2 aromatic carbocycles. The third-order valence-corrected chi connectivity index (χ3v) is 5.91. The highest BCUT2D eigenvalue weighted by Crippen LogP contribution is 2.25. The molecule has 1 fully saturated rings. The number of amides is 2. The quantitative estimate of drug-likeness (QED) is 0.548. The highest BCUT2D eigenvalue weighted by molar-refractivity contribution is 6.31. The number of imidazole rings is 1. The number of benzene rings is 2. The van der Waals surface area contributed by atoms with E-state index in [1.807, 2.05) is 31.2 Å². The number of hydrogen-bond acceptors (Lipinski definition) is 4. The first-order chi connectivity index (χ1) is 15.5. The standard InChI is InChI=1S/C24H27ClN4O3/c1-3-4-5-19(23-26-18-8-7-17(25)13-20(18)27-23)28-24(31)16-6-9-21(15(2)12-16)29-10-11-32-14-22(29)30/h6-9,12-13,19H,3-5,10-11,14H2,1-2H3,(H,26,27)(H,28,31)/t19-/m0/s1. The van der Waals surface area contributed by atoms with Crippen LogP contribution in [0.4, 0.5) is 5.69 Å². The second-order valence-corrected chi connectivity index (χ2v) is 8.49. The molecule has 168 valence electrons. The summed E-state index contributed by atoms with van der Waals surface area (Å²) in [5, 5.41) is 3.76. The van der Waals surface area contributed by atoms with Crippen LogP contribution in [0.25, 0.3) is 11.0 Å². The van der Waals surface area contributed by atoms with Crippen molar-refractivity contribution in [3.8, 4) is 0 Å². The number of aromatic nitrogens is 2. The van der Waals surface area contributed by atoms with E-state index >= 15 is 0 Å². The summed E-state index contributed by atoms with van der Waals surface area (Å²) in [5.41, 5.74) is 3.89. The van der Waals surface area contributed by atoms with Crippen molar-refractivity contribution < 1.29 is 14.3 Å². The number of ether oxygens (including phenoxy) is 1. The fourth-order valence-electron chi connectivity index (χ4n) is 3.97. The molecule has 7 nitrogen and oxygen atoms in total. The van der Waals surface area contributed by atoms with E-state index in [2.05, 4.69) is 22.2 Å². The Morgan fingerprint density at radius 2 is 2.16 bits per heavy atom. The number of carbonyl (C=O) groups is 2. The topological polar surface area (TPSA) is 87.3 Å².